The predicted molar refractivity (Wildman–Crippen MR) is 185 cm³/mol. The molecular weight excluding hydrogens is 516 g/mol. The minimum absolute atomic E-state index is 1.23. The van der Waals surface area contributed by atoms with Crippen LogP contribution in [0.15, 0.2) is 164 Å². The van der Waals surface area contributed by atoms with E-state index < -0.39 is 0 Å². The van der Waals surface area contributed by atoms with Gasteiger partial charge in [-0.3, -0.25) is 0 Å². The molecule has 0 saturated carbocycles. The van der Waals surface area contributed by atoms with Crippen LogP contribution in [0, 0.1) is 6.92 Å². The van der Waals surface area contributed by atoms with Gasteiger partial charge in [-0.15, -0.1) is 0 Å². The molecule has 0 N–H and O–H groups in total. The molecule has 0 fully saturated rings. The highest BCUT2D eigenvalue weighted by atomic mass is 14.2. The first-order valence-corrected chi connectivity index (χ1v) is 14.9. The van der Waals surface area contributed by atoms with Crippen molar-refractivity contribution < 1.29 is 0 Å². The van der Waals surface area contributed by atoms with Crippen molar-refractivity contribution in [3.05, 3.63) is 169 Å². The van der Waals surface area contributed by atoms with Gasteiger partial charge in [0.25, 0.3) is 0 Å². The zero-order chi connectivity index (χ0) is 28.8. The van der Waals surface area contributed by atoms with E-state index in [-0.39, 0.29) is 0 Å². The summed E-state index contributed by atoms with van der Waals surface area (Å²) in [6, 6.07) is 59.9. The topological polar surface area (TPSA) is 0 Å². The molecule has 0 atom stereocenters. The number of fused-ring (bicyclic) bond motifs is 3. The monoisotopic (exact) mass is 546 g/mol. The Morgan fingerprint density at radius 3 is 1.47 bits per heavy atom. The van der Waals surface area contributed by atoms with E-state index in [0.717, 1.165) is 0 Å². The van der Waals surface area contributed by atoms with Gasteiger partial charge in [0, 0.05) is 0 Å². The SMILES string of the molecule is Cc1ccc(-c2c3ccccc3c(-c3ccc4cccc(-c5ccccc5-c5ccccc5)c4c3)c3ccccc23)cc1. The van der Waals surface area contributed by atoms with Gasteiger partial charge in [-0.1, -0.05) is 163 Å². The zero-order valence-corrected chi connectivity index (χ0v) is 24.1. The highest BCUT2D eigenvalue weighted by molar-refractivity contribution is 6.22. The fraction of sp³-hybridized carbons (Fsp3) is 0.0233. The third kappa shape index (κ3) is 4.31. The zero-order valence-electron chi connectivity index (χ0n) is 24.1. The second-order valence-electron chi connectivity index (χ2n) is 11.4. The average molecular weight is 547 g/mol. The van der Waals surface area contributed by atoms with E-state index in [1.807, 2.05) is 0 Å². The lowest BCUT2D eigenvalue weighted by atomic mass is 9.85. The second kappa shape index (κ2) is 10.4. The van der Waals surface area contributed by atoms with Gasteiger partial charge >= 0.3 is 0 Å². The molecule has 202 valence electrons. The lowest BCUT2D eigenvalue weighted by Crippen LogP contribution is -1.91. The molecule has 0 aliphatic rings. The van der Waals surface area contributed by atoms with Crippen molar-refractivity contribution in [3.8, 4) is 44.5 Å². The van der Waals surface area contributed by atoms with Crippen molar-refractivity contribution in [1.29, 1.82) is 0 Å². The predicted octanol–water partition coefficient (Wildman–Crippen LogP) is 12.1. The van der Waals surface area contributed by atoms with E-state index in [1.165, 1.54) is 82.4 Å². The molecule has 0 bridgehead atoms. The molecule has 43 heavy (non-hydrogen) atoms. The summed E-state index contributed by atoms with van der Waals surface area (Å²) in [7, 11) is 0. The molecule has 0 aliphatic carbocycles. The highest BCUT2D eigenvalue weighted by Gasteiger charge is 2.17. The maximum absolute atomic E-state index is 2.41. The largest absolute Gasteiger partial charge is 0.0622 e. The van der Waals surface area contributed by atoms with E-state index >= 15 is 0 Å². The number of hydrogen-bond donors (Lipinski definition) is 0. The van der Waals surface area contributed by atoms with Crippen LogP contribution < -0.4 is 0 Å². The average Bonchev–Trinajstić information content (AvgIpc) is 3.07. The van der Waals surface area contributed by atoms with Crippen LogP contribution >= 0.6 is 0 Å². The number of rotatable bonds is 4. The van der Waals surface area contributed by atoms with Crippen LogP contribution in [-0.2, 0) is 0 Å². The van der Waals surface area contributed by atoms with Gasteiger partial charge in [-0.05, 0) is 89.8 Å². The normalized spacial score (nSPS) is 11.4. The standard InChI is InChI=1S/C43H30/c1-29-22-24-32(25-23-29)42-37-17-7-9-19-39(37)43(40-20-10-8-18-38(40)42)33-27-26-31-14-11-21-36(41(31)28-33)35-16-6-5-15-34(35)30-12-3-2-4-13-30/h2-28H,1H3. The molecule has 0 spiro atoms. The van der Waals surface area contributed by atoms with Crippen LogP contribution in [0.5, 0.6) is 0 Å². The number of benzene rings is 8. The fourth-order valence-electron chi connectivity index (χ4n) is 6.72. The summed E-state index contributed by atoms with van der Waals surface area (Å²) < 4.78 is 0. The Labute approximate surface area is 252 Å². The van der Waals surface area contributed by atoms with Gasteiger partial charge in [0.15, 0.2) is 0 Å². The summed E-state index contributed by atoms with van der Waals surface area (Å²) >= 11 is 0. The summed E-state index contributed by atoms with van der Waals surface area (Å²) in [4.78, 5) is 0. The van der Waals surface area contributed by atoms with Crippen LogP contribution in [0.4, 0.5) is 0 Å². The molecule has 0 heteroatoms. The molecule has 0 unspecified atom stereocenters. The van der Waals surface area contributed by atoms with Crippen molar-refractivity contribution in [1.82, 2.24) is 0 Å². The van der Waals surface area contributed by atoms with E-state index in [9.17, 15) is 0 Å². The molecule has 0 radical (unpaired) electrons. The van der Waals surface area contributed by atoms with Gasteiger partial charge in [0.05, 0.1) is 0 Å². The van der Waals surface area contributed by atoms with Crippen molar-refractivity contribution >= 4 is 32.3 Å². The number of hydrogen-bond acceptors (Lipinski definition) is 0. The minimum Gasteiger partial charge on any atom is -0.0622 e. The van der Waals surface area contributed by atoms with Crippen molar-refractivity contribution in [2.75, 3.05) is 0 Å². The maximum atomic E-state index is 2.41. The Balaban J connectivity index is 1.42. The quantitative estimate of drug-likeness (QED) is 0.193. The molecule has 0 aromatic heterocycles. The second-order valence-corrected chi connectivity index (χ2v) is 11.4. The van der Waals surface area contributed by atoms with Crippen molar-refractivity contribution in [3.63, 3.8) is 0 Å². The molecule has 8 rings (SSSR count). The first-order valence-electron chi connectivity index (χ1n) is 14.9. The molecular formula is C43H30. The van der Waals surface area contributed by atoms with Crippen molar-refractivity contribution in [2.45, 2.75) is 6.92 Å². The lowest BCUT2D eigenvalue weighted by Gasteiger charge is -2.19. The molecule has 0 nitrogen and oxygen atoms in total. The van der Waals surface area contributed by atoms with Crippen LogP contribution in [0.2, 0.25) is 0 Å². The summed E-state index contributed by atoms with van der Waals surface area (Å²) in [6.45, 7) is 2.15. The number of aryl methyl sites for hydroxylation is 1. The smallest absolute Gasteiger partial charge is 0.00261 e. The van der Waals surface area contributed by atoms with Crippen molar-refractivity contribution in [2.24, 2.45) is 0 Å². The van der Waals surface area contributed by atoms with E-state index in [2.05, 4.69) is 171 Å². The molecule has 8 aromatic carbocycles. The van der Waals surface area contributed by atoms with Gasteiger partial charge in [0.2, 0.25) is 0 Å². The maximum Gasteiger partial charge on any atom is -0.00261 e. The Bertz CT molecular complexity index is 2210. The third-order valence-corrected chi connectivity index (χ3v) is 8.74. The molecule has 8 aromatic rings. The highest BCUT2D eigenvalue weighted by Crippen LogP contribution is 2.45. The van der Waals surface area contributed by atoms with Gasteiger partial charge in [-0.25, -0.2) is 0 Å². The Morgan fingerprint density at radius 2 is 0.814 bits per heavy atom. The lowest BCUT2D eigenvalue weighted by molar-refractivity contribution is 1.47. The van der Waals surface area contributed by atoms with Gasteiger partial charge < -0.3 is 0 Å². The van der Waals surface area contributed by atoms with Crippen LogP contribution in [0.25, 0.3) is 76.8 Å². The molecule has 0 heterocycles. The Hall–Kier alpha value is -5.46. The van der Waals surface area contributed by atoms with Crippen LogP contribution in [0.3, 0.4) is 0 Å². The molecule has 0 aliphatic heterocycles. The minimum atomic E-state index is 1.23. The first kappa shape index (κ1) is 25.3. The Kier molecular flexibility index (Phi) is 6.12. The van der Waals surface area contributed by atoms with Gasteiger partial charge in [0.1, 0.15) is 0 Å². The first-order chi connectivity index (χ1) is 21.3. The third-order valence-electron chi connectivity index (χ3n) is 8.74. The van der Waals surface area contributed by atoms with E-state index in [4.69, 9.17) is 0 Å². The van der Waals surface area contributed by atoms with Crippen LogP contribution in [0.1, 0.15) is 5.56 Å². The fourth-order valence-corrected chi connectivity index (χ4v) is 6.72. The van der Waals surface area contributed by atoms with E-state index in [0.29, 0.717) is 0 Å². The molecule has 0 amide bonds. The van der Waals surface area contributed by atoms with Crippen LogP contribution in [-0.4, -0.2) is 0 Å². The summed E-state index contributed by atoms with van der Waals surface area (Å²) in [5.74, 6) is 0. The van der Waals surface area contributed by atoms with E-state index in [1.54, 1.807) is 0 Å². The Morgan fingerprint density at radius 1 is 0.302 bits per heavy atom. The molecule has 0 saturated heterocycles. The summed E-state index contributed by atoms with van der Waals surface area (Å²) in [6.07, 6.45) is 0. The summed E-state index contributed by atoms with van der Waals surface area (Å²) in [5.41, 5.74) is 11.3. The van der Waals surface area contributed by atoms with Gasteiger partial charge in [-0.2, -0.15) is 0 Å². The summed E-state index contributed by atoms with van der Waals surface area (Å²) in [5, 5.41) is 7.62.